The summed E-state index contributed by atoms with van der Waals surface area (Å²) in [4.78, 5) is 0. The van der Waals surface area contributed by atoms with E-state index in [1.165, 1.54) is 19.3 Å². The number of ether oxygens (including phenoxy) is 1. The lowest BCUT2D eigenvalue weighted by molar-refractivity contribution is 0.0999. The van der Waals surface area contributed by atoms with E-state index in [0.29, 0.717) is 17.4 Å². The van der Waals surface area contributed by atoms with E-state index in [2.05, 4.69) is 39.9 Å². The summed E-state index contributed by atoms with van der Waals surface area (Å²) in [6.45, 7) is 14.3. The first kappa shape index (κ1) is 15.0. The van der Waals surface area contributed by atoms with Crippen LogP contribution in [0.1, 0.15) is 53.9 Å². The lowest BCUT2D eigenvalue weighted by Crippen LogP contribution is -2.41. The fraction of sp³-hybridized carbons (Fsp3) is 1.00. The predicted molar refractivity (Wildman–Crippen MR) is 74.2 cm³/mol. The van der Waals surface area contributed by atoms with Gasteiger partial charge in [-0.05, 0) is 36.5 Å². The molecule has 1 aliphatic rings. The molecule has 2 atom stereocenters. The number of nitrogens with one attached hydrogen (secondary N) is 1. The Morgan fingerprint density at radius 2 is 2.00 bits per heavy atom. The largest absolute Gasteiger partial charge is 0.380 e. The van der Waals surface area contributed by atoms with Gasteiger partial charge in [0.15, 0.2) is 0 Å². The van der Waals surface area contributed by atoms with Crippen molar-refractivity contribution in [1.29, 1.82) is 0 Å². The Balaban J connectivity index is 2.14. The fourth-order valence-corrected chi connectivity index (χ4v) is 3.16. The van der Waals surface area contributed by atoms with E-state index >= 15 is 0 Å². The molecule has 1 N–H and O–H groups in total. The topological polar surface area (TPSA) is 21.3 Å². The van der Waals surface area contributed by atoms with E-state index in [1.54, 1.807) is 0 Å². The summed E-state index contributed by atoms with van der Waals surface area (Å²) in [5, 5.41) is 3.66. The van der Waals surface area contributed by atoms with Crippen LogP contribution in [0.15, 0.2) is 0 Å². The molecule has 17 heavy (non-hydrogen) atoms. The van der Waals surface area contributed by atoms with E-state index in [4.69, 9.17) is 4.74 Å². The zero-order chi connectivity index (χ0) is 12.9. The molecule has 1 aliphatic carbocycles. The number of rotatable bonds is 6. The zero-order valence-electron chi connectivity index (χ0n) is 12.4. The Morgan fingerprint density at radius 1 is 1.29 bits per heavy atom. The highest BCUT2D eigenvalue weighted by Gasteiger charge is 2.31. The molecule has 0 spiro atoms. The summed E-state index contributed by atoms with van der Waals surface area (Å²) in [5.41, 5.74) is 0.508. The molecule has 2 nitrogen and oxygen atoms in total. The van der Waals surface area contributed by atoms with Crippen LogP contribution in [0.2, 0.25) is 0 Å². The molecule has 0 aromatic heterocycles. The maximum Gasteiger partial charge on any atom is 0.0591 e. The first-order chi connectivity index (χ1) is 7.89. The van der Waals surface area contributed by atoms with Crippen molar-refractivity contribution in [2.75, 3.05) is 19.8 Å². The summed E-state index contributed by atoms with van der Waals surface area (Å²) in [5.74, 6) is 1.50. The van der Waals surface area contributed by atoms with Crippen LogP contribution in [-0.2, 0) is 4.74 Å². The predicted octanol–water partition coefficient (Wildman–Crippen LogP) is 3.46. The Labute approximate surface area is 108 Å². The van der Waals surface area contributed by atoms with Gasteiger partial charge < -0.3 is 10.1 Å². The second-order valence-electron chi connectivity index (χ2n) is 7.03. The maximum absolute atomic E-state index is 5.60. The van der Waals surface area contributed by atoms with E-state index in [-0.39, 0.29) is 0 Å². The molecule has 0 aliphatic heterocycles. The van der Waals surface area contributed by atoms with Gasteiger partial charge in [-0.15, -0.1) is 0 Å². The summed E-state index contributed by atoms with van der Waals surface area (Å²) in [6, 6.07) is 0.691. The van der Waals surface area contributed by atoms with E-state index in [0.717, 1.165) is 25.7 Å². The first-order valence-electron chi connectivity index (χ1n) is 7.20. The average Bonchev–Trinajstić information content (AvgIpc) is 2.13. The molecule has 1 rings (SSSR count). The second-order valence-corrected chi connectivity index (χ2v) is 7.03. The van der Waals surface area contributed by atoms with Gasteiger partial charge in [0, 0.05) is 19.2 Å². The molecule has 0 saturated heterocycles. The van der Waals surface area contributed by atoms with E-state index < -0.39 is 0 Å². The molecule has 2 heteroatoms. The number of hydrogen-bond acceptors (Lipinski definition) is 2. The third-order valence-electron chi connectivity index (χ3n) is 3.52. The van der Waals surface area contributed by atoms with Gasteiger partial charge in [-0.2, -0.15) is 0 Å². The summed E-state index contributed by atoms with van der Waals surface area (Å²) in [7, 11) is 0. The molecule has 2 unspecified atom stereocenters. The molecule has 0 radical (unpaired) electrons. The third-order valence-corrected chi connectivity index (χ3v) is 3.52. The van der Waals surface area contributed by atoms with Crippen LogP contribution >= 0.6 is 0 Å². The van der Waals surface area contributed by atoms with Crippen LogP contribution in [0.3, 0.4) is 0 Å². The number of hydrogen-bond donors (Lipinski definition) is 1. The summed E-state index contributed by atoms with van der Waals surface area (Å²) < 4.78 is 5.60. The highest BCUT2D eigenvalue weighted by molar-refractivity contribution is 4.86. The zero-order valence-corrected chi connectivity index (χ0v) is 12.4. The molecule has 0 heterocycles. The van der Waals surface area contributed by atoms with Gasteiger partial charge in [0.1, 0.15) is 0 Å². The van der Waals surface area contributed by atoms with Crippen molar-refractivity contribution in [2.24, 2.45) is 17.3 Å². The lowest BCUT2D eigenvalue weighted by Gasteiger charge is -2.39. The van der Waals surface area contributed by atoms with Crippen LogP contribution in [0.5, 0.6) is 0 Å². The SMILES string of the molecule is CC(C)COCCNC1CC(C)CC(C)(C)C1. The van der Waals surface area contributed by atoms with E-state index in [1.807, 2.05) is 0 Å². The smallest absolute Gasteiger partial charge is 0.0591 e. The average molecular weight is 241 g/mol. The van der Waals surface area contributed by atoms with Crippen LogP contribution in [0.4, 0.5) is 0 Å². The molecule has 0 aromatic carbocycles. The van der Waals surface area contributed by atoms with Gasteiger partial charge in [0.25, 0.3) is 0 Å². The molecule has 1 fully saturated rings. The Hall–Kier alpha value is -0.0800. The maximum atomic E-state index is 5.60. The van der Waals surface area contributed by atoms with Gasteiger partial charge in [-0.1, -0.05) is 34.6 Å². The third kappa shape index (κ3) is 6.42. The lowest BCUT2D eigenvalue weighted by atomic mass is 9.70. The van der Waals surface area contributed by atoms with Crippen LogP contribution < -0.4 is 5.32 Å². The second kappa shape index (κ2) is 6.75. The van der Waals surface area contributed by atoms with Crippen molar-refractivity contribution in [3.05, 3.63) is 0 Å². The van der Waals surface area contributed by atoms with Crippen molar-refractivity contribution in [2.45, 2.75) is 59.9 Å². The van der Waals surface area contributed by atoms with Gasteiger partial charge in [0.05, 0.1) is 6.61 Å². The first-order valence-corrected chi connectivity index (χ1v) is 7.20. The van der Waals surface area contributed by atoms with Crippen molar-refractivity contribution in [3.63, 3.8) is 0 Å². The van der Waals surface area contributed by atoms with Crippen molar-refractivity contribution in [3.8, 4) is 0 Å². The minimum Gasteiger partial charge on any atom is -0.380 e. The standard InChI is InChI=1S/C15H31NO/c1-12(2)11-17-7-6-16-14-8-13(3)9-15(4,5)10-14/h12-14,16H,6-11H2,1-5H3. The van der Waals surface area contributed by atoms with Crippen LogP contribution in [0, 0.1) is 17.3 Å². The summed E-state index contributed by atoms with van der Waals surface area (Å²) >= 11 is 0. The normalized spacial score (nSPS) is 28.6. The van der Waals surface area contributed by atoms with Gasteiger partial charge in [-0.25, -0.2) is 0 Å². The molecule has 0 aromatic rings. The molecule has 102 valence electrons. The van der Waals surface area contributed by atoms with Crippen molar-refractivity contribution in [1.82, 2.24) is 5.32 Å². The molecular formula is C15H31NO. The fourth-order valence-electron chi connectivity index (χ4n) is 3.16. The highest BCUT2D eigenvalue weighted by Crippen LogP contribution is 2.38. The van der Waals surface area contributed by atoms with Crippen LogP contribution in [-0.4, -0.2) is 25.8 Å². The van der Waals surface area contributed by atoms with Gasteiger partial charge in [-0.3, -0.25) is 0 Å². The molecule has 0 bridgehead atoms. The molecule has 0 amide bonds. The van der Waals surface area contributed by atoms with Gasteiger partial charge in [0.2, 0.25) is 0 Å². The van der Waals surface area contributed by atoms with Crippen molar-refractivity contribution < 1.29 is 4.74 Å². The monoisotopic (exact) mass is 241 g/mol. The Bertz CT molecular complexity index is 213. The minimum atomic E-state index is 0.508. The Kier molecular flexibility index (Phi) is 5.94. The molecule has 1 saturated carbocycles. The minimum absolute atomic E-state index is 0.508. The highest BCUT2D eigenvalue weighted by atomic mass is 16.5. The Morgan fingerprint density at radius 3 is 2.59 bits per heavy atom. The van der Waals surface area contributed by atoms with Crippen LogP contribution in [0.25, 0.3) is 0 Å². The quantitative estimate of drug-likeness (QED) is 0.719. The van der Waals surface area contributed by atoms with Gasteiger partial charge >= 0.3 is 0 Å². The van der Waals surface area contributed by atoms with E-state index in [9.17, 15) is 0 Å². The van der Waals surface area contributed by atoms with Crippen molar-refractivity contribution >= 4 is 0 Å². The molecular weight excluding hydrogens is 210 g/mol. The summed E-state index contributed by atoms with van der Waals surface area (Å²) in [6.07, 6.45) is 4.00.